The van der Waals surface area contributed by atoms with Crippen molar-refractivity contribution < 1.29 is 23.8 Å². The summed E-state index contributed by atoms with van der Waals surface area (Å²) >= 11 is 0. The molecular weight excluding hydrogens is 536 g/mol. The highest BCUT2D eigenvalue weighted by molar-refractivity contribution is 6.00. The lowest BCUT2D eigenvalue weighted by Gasteiger charge is -2.31. The van der Waals surface area contributed by atoms with Gasteiger partial charge in [-0.1, -0.05) is 25.8 Å². The first-order valence-electron chi connectivity index (χ1n) is 14.0. The van der Waals surface area contributed by atoms with Crippen LogP contribution in [0.15, 0.2) is 55.3 Å². The molecule has 1 aromatic heterocycles. The Hall–Kier alpha value is -4.80. The molecule has 2 aromatic carbocycles. The first-order chi connectivity index (χ1) is 20.3. The first kappa shape index (κ1) is 28.7. The van der Waals surface area contributed by atoms with Crippen LogP contribution in [-0.4, -0.2) is 48.6 Å². The summed E-state index contributed by atoms with van der Waals surface area (Å²) in [6, 6.07) is 11.3. The van der Waals surface area contributed by atoms with E-state index < -0.39 is 11.8 Å². The summed E-state index contributed by atoms with van der Waals surface area (Å²) in [6.45, 7) is 6.81. The summed E-state index contributed by atoms with van der Waals surface area (Å²) in [4.78, 5) is 35.3. The lowest BCUT2D eigenvalue weighted by molar-refractivity contribution is -0.111. The molecule has 220 valence electrons. The van der Waals surface area contributed by atoms with E-state index in [-0.39, 0.29) is 28.8 Å². The summed E-state index contributed by atoms with van der Waals surface area (Å²) in [5.41, 5.74) is 7.58. The van der Waals surface area contributed by atoms with Crippen molar-refractivity contribution in [3.05, 3.63) is 60.8 Å². The molecule has 2 heterocycles. The number of rotatable bonds is 11. The van der Waals surface area contributed by atoms with Crippen molar-refractivity contribution in [1.82, 2.24) is 9.97 Å². The van der Waals surface area contributed by atoms with Crippen LogP contribution in [0.25, 0.3) is 0 Å². The fraction of sp³-hybridized carbons (Fsp3) is 0.355. The van der Waals surface area contributed by atoms with E-state index in [4.69, 9.17) is 19.9 Å². The van der Waals surface area contributed by atoms with Crippen molar-refractivity contribution >= 4 is 34.8 Å². The third kappa shape index (κ3) is 6.09. The van der Waals surface area contributed by atoms with Gasteiger partial charge in [0, 0.05) is 36.6 Å². The highest BCUT2D eigenvalue weighted by Crippen LogP contribution is 2.43. The number of methoxy groups -OCH3 is 2. The Morgan fingerprint density at radius 3 is 2.55 bits per heavy atom. The number of hydrogen-bond acceptors (Lipinski definition) is 9. The second-order valence-corrected chi connectivity index (χ2v) is 10.6. The van der Waals surface area contributed by atoms with E-state index in [1.807, 2.05) is 12.1 Å². The number of nitrogens with one attached hydrogen (secondary N) is 2. The van der Waals surface area contributed by atoms with Gasteiger partial charge in [-0.25, -0.2) is 4.98 Å². The Morgan fingerprint density at radius 1 is 1.07 bits per heavy atom. The third-order valence-electron chi connectivity index (χ3n) is 8.04. The van der Waals surface area contributed by atoms with Crippen LogP contribution in [0.3, 0.4) is 0 Å². The lowest BCUT2D eigenvalue weighted by Crippen LogP contribution is -2.28. The number of benzene rings is 2. The second-order valence-electron chi connectivity index (χ2n) is 10.6. The lowest BCUT2D eigenvalue weighted by atomic mass is 9.75. The van der Waals surface area contributed by atoms with Crippen molar-refractivity contribution in [1.29, 1.82) is 0 Å². The minimum absolute atomic E-state index is 0.0382. The average Bonchev–Trinajstić information content (AvgIpc) is 3.33. The maximum absolute atomic E-state index is 12.2. The Morgan fingerprint density at radius 2 is 1.88 bits per heavy atom. The predicted octanol–water partition coefficient (Wildman–Crippen LogP) is 5.27. The van der Waals surface area contributed by atoms with Gasteiger partial charge in [0.15, 0.2) is 5.75 Å². The molecule has 1 saturated heterocycles. The van der Waals surface area contributed by atoms with E-state index in [2.05, 4.69) is 45.1 Å². The first-order valence-corrected chi connectivity index (χ1v) is 14.0. The summed E-state index contributed by atoms with van der Waals surface area (Å²) < 4.78 is 17.0. The van der Waals surface area contributed by atoms with Crippen LogP contribution < -0.4 is 35.5 Å². The van der Waals surface area contributed by atoms with Gasteiger partial charge in [-0.15, -0.1) is 0 Å². The van der Waals surface area contributed by atoms with Crippen molar-refractivity contribution in [2.24, 2.45) is 17.6 Å². The third-order valence-corrected chi connectivity index (χ3v) is 8.04. The zero-order valence-corrected chi connectivity index (χ0v) is 24.1. The number of aromatic nitrogens is 2. The van der Waals surface area contributed by atoms with Crippen molar-refractivity contribution in [3.63, 3.8) is 0 Å². The highest BCUT2D eigenvalue weighted by atomic mass is 16.5. The van der Waals surface area contributed by atoms with Crippen LogP contribution in [0.4, 0.5) is 23.0 Å². The normalized spacial score (nSPS) is 18.1. The molecular formula is C31H36N6O5. The molecule has 0 bridgehead atoms. The molecule has 0 radical (unpaired) electrons. The average molecular weight is 573 g/mol. The van der Waals surface area contributed by atoms with Crippen LogP contribution in [0, 0.1) is 11.8 Å². The number of amides is 2. The second kappa shape index (κ2) is 12.4. The van der Waals surface area contributed by atoms with Gasteiger partial charge in [0.1, 0.15) is 17.1 Å². The molecule has 2 atom stereocenters. The van der Waals surface area contributed by atoms with Gasteiger partial charge in [-0.2, -0.15) is 4.98 Å². The fourth-order valence-corrected chi connectivity index (χ4v) is 5.55. The van der Waals surface area contributed by atoms with Crippen LogP contribution in [0.5, 0.6) is 23.1 Å². The Balaban J connectivity index is 1.40. The monoisotopic (exact) mass is 572 g/mol. The largest absolute Gasteiger partial charge is 0.497 e. The van der Waals surface area contributed by atoms with E-state index in [0.717, 1.165) is 30.1 Å². The molecule has 1 aliphatic heterocycles. The molecule has 2 aliphatic rings. The minimum Gasteiger partial charge on any atom is -0.497 e. The van der Waals surface area contributed by atoms with Crippen LogP contribution in [0.2, 0.25) is 0 Å². The zero-order valence-electron chi connectivity index (χ0n) is 24.1. The molecule has 3 aromatic rings. The molecule has 42 heavy (non-hydrogen) atoms. The molecule has 2 unspecified atom stereocenters. The summed E-state index contributed by atoms with van der Waals surface area (Å²) in [5, 5.41) is 5.83. The summed E-state index contributed by atoms with van der Waals surface area (Å²) in [6.07, 6.45) is 7.67. The maximum Gasteiger partial charge on any atom is 0.255 e. The van der Waals surface area contributed by atoms with Gasteiger partial charge in [0.2, 0.25) is 17.7 Å². The van der Waals surface area contributed by atoms with E-state index >= 15 is 0 Å². The van der Waals surface area contributed by atoms with Crippen LogP contribution in [0.1, 0.15) is 43.0 Å². The van der Waals surface area contributed by atoms with Gasteiger partial charge in [-0.3, -0.25) is 9.59 Å². The maximum atomic E-state index is 12.2. The van der Waals surface area contributed by atoms with Gasteiger partial charge < -0.3 is 35.5 Å². The number of carbonyl (C=O) groups excluding carboxylic acids is 2. The van der Waals surface area contributed by atoms with E-state index in [9.17, 15) is 9.59 Å². The SMILES string of the molecule is C=CC(=O)Nc1cc(OC)ccc1Oc1nc(Nc2ccc(N3CC(C4CCC4)CC3C)cc2OC)ncc1C(N)=O. The Labute approximate surface area is 245 Å². The van der Waals surface area contributed by atoms with Crippen LogP contribution >= 0.6 is 0 Å². The van der Waals surface area contributed by atoms with Crippen molar-refractivity contribution in [3.8, 4) is 23.1 Å². The van der Waals surface area contributed by atoms with E-state index in [0.29, 0.717) is 23.2 Å². The number of anilines is 4. The predicted molar refractivity (Wildman–Crippen MR) is 161 cm³/mol. The minimum atomic E-state index is -0.774. The van der Waals surface area contributed by atoms with E-state index in [1.54, 1.807) is 25.3 Å². The molecule has 2 fully saturated rings. The van der Waals surface area contributed by atoms with Gasteiger partial charge >= 0.3 is 0 Å². The standard InChI is InChI=1S/C31H36N6O5/c1-5-28(38)34-25-15-22(40-3)10-12-26(25)42-30-23(29(32)39)16-33-31(36-30)35-24-11-9-21(14-27(24)41-4)37-17-20(13-18(37)2)19-7-6-8-19/h5,9-12,14-16,18-20H,1,6-8,13,17H2,2-4H3,(H2,32,39)(H,34,38)(H,33,35,36). The molecule has 1 saturated carbocycles. The summed E-state index contributed by atoms with van der Waals surface area (Å²) in [5.74, 6) is 1.75. The van der Waals surface area contributed by atoms with Crippen molar-refractivity contribution in [2.45, 2.75) is 38.6 Å². The molecule has 5 rings (SSSR count). The van der Waals surface area contributed by atoms with Gasteiger partial charge in [-0.05, 0) is 55.5 Å². The molecule has 2 amide bonds. The van der Waals surface area contributed by atoms with Crippen molar-refractivity contribution in [2.75, 3.05) is 36.3 Å². The number of hydrogen-bond donors (Lipinski definition) is 3. The number of ether oxygens (including phenoxy) is 3. The zero-order chi connectivity index (χ0) is 29.8. The number of carbonyl (C=O) groups is 2. The Kier molecular flexibility index (Phi) is 8.46. The molecule has 1 aliphatic carbocycles. The quantitative estimate of drug-likeness (QED) is 0.262. The molecule has 11 heteroatoms. The molecule has 0 spiro atoms. The molecule has 11 nitrogen and oxygen atoms in total. The molecule has 4 N–H and O–H groups in total. The van der Waals surface area contributed by atoms with Gasteiger partial charge in [0.25, 0.3) is 5.91 Å². The fourth-order valence-electron chi connectivity index (χ4n) is 5.55. The Bertz CT molecular complexity index is 1490. The van der Waals surface area contributed by atoms with Gasteiger partial charge in [0.05, 0.1) is 25.6 Å². The summed E-state index contributed by atoms with van der Waals surface area (Å²) in [7, 11) is 3.12. The number of nitrogens with zero attached hydrogens (tertiary/aromatic N) is 3. The smallest absolute Gasteiger partial charge is 0.255 e. The topological polar surface area (TPSA) is 141 Å². The number of nitrogens with two attached hydrogens (primary N) is 1. The number of primary amides is 1. The van der Waals surface area contributed by atoms with E-state index in [1.165, 1.54) is 39.0 Å². The highest BCUT2D eigenvalue weighted by Gasteiger charge is 2.36. The van der Waals surface area contributed by atoms with Crippen LogP contribution in [-0.2, 0) is 4.79 Å².